The number of hydrogen-bond donors (Lipinski definition) is 1. The highest BCUT2D eigenvalue weighted by atomic mass is 32.1. The Morgan fingerprint density at radius 2 is 1.78 bits per heavy atom. The zero-order valence-corrected chi connectivity index (χ0v) is 14.1. The molecule has 0 aromatic heterocycles. The predicted molar refractivity (Wildman–Crippen MR) is 96.9 cm³/mol. The summed E-state index contributed by atoms with van der Waals surface area (Å²) in [4.78, 5) is 13.9. The van der Waals surface area contributed by atoms with E-state index >= 15 is 0 Å². The van der Waals surface area contributed by atoms with E-state index in [4.69, 9.17) is 17.0 Å². The highest BCUT2D eigenvalue weighted by Gasteiger charge is 2.13. The van der Waals surface area contributed by atoms with Crippen LogP contribution in [-0.2, 0) is 4.79 Å². The molecule has 120 valence electrons. The molecule has 0 aliphatic rings. The summed E-state index contributed by atoms with van der Waals surface area (Å²) in [6.07, 6.45) is 0. The van der Waals surface area contributed by atoms with Gasteiger partial charge in [-0.15, -0.1) is 0 Å². The van der Waals surface area contributed by atoms with Crippen LogP contribution in [0.1, 0.15) is 12.5 Å². The first-order valence-corrected chi connectivity index (χ1v) is 7.87. The van der Waals surface area contributed by atoms with Crippen molar-refractivity contribution >= 4 is 28.9 Å². The van der Waals surface area contributed by atoms with E-state index in [1.807, 2.05) is 73.3 Å². The van der Waals surface area contributed by atoms with Crippen molar-refractivity contribution in [2.75, 3.05) is 18.1 Å². The van der Waals surface area contributed by atoms with Gasteiger partial charge in [0.05, 0.1) is 0 Å². The van der Waals surface area contributed by atoms with Crippen molar-refractivity contribution in [3.05, 3.63) is 60.2 Å². The van der Waals surface area contributed by atoms with Crippen LogP contribution in [0, 0.1) is 6.92 Å². The molecule has 0 aliphatic carbocycles. The number of ether oxygens (including phenoxy) is 1. The smallest absolute Gasteiger partial charge is 0.264 e. The number of carbonyl (C=O) groups is 1. The Morgan fingerprint density at radius 1 is 1.13 bits per heavy atom. The van der Waals surface area contributed by atoms with E-state index in [0.29, 0.717) is 17.4 Å². The first-order valence-electron chi connectivity index (χ1n) is 7.46. The molecule has 1 amide bonds. The SMILES string of the molecule is CCN(C(=S)NC(=O)COc1ccc(C)cc1)c1ccccc1. The molecule has 0 unspecified atom stereocenters. The standard InChI is InChI=1S/C18H20N2O2S/c1-3-20(15-7-5-4-6-8-15)18(23)19-17(21)13-22-16-11-9-14(2)10-12-16/h4-12H,3,13H2,1-2H3,(H,19,21,23). The van der Waals surface area contributed by atoms with Gasteiger partial charge in [0.1, 0.15) is 5.75 Å². The lowest BCUT2D eigenvalue weighted by atomic mass is 10.2. The summed E-state index contributed by atoms with van der Waals surface area (Å²) >= 11 is 5.32. The quantitative estimate of drug-likeness (QED) is 0.855. The molecule has 0 saturated heterocycles. The Bertz CT molecular complexity index is 656. The number of thiocarbonyl (C=S) groups is 1. The molecule has 0 atom stereocenters. The van der Waals surface area contributed by atoms with Gasteiger partial charge < -0.3 is 9.64 Å². The number of anilines is 1. The number of hydrogen-bond acceptors (Lipinski definition) is 3. The van der Waals surface area contributed by atoms with E-state index in [2.05, 4.69) is 5.32 Å². The molecular weight excluding hydrogens is 308 g/mol. The minimum atomic E-state index is -0.273. The first kappa shape index (κ1) is 17.0. The van der Waals surface area contributed by atoms with Crippen molar-refractivity contribution in [1.29, 1.82) is 0 Å². The van der Waals surface area contributed by atoms with E-state index < -0.39 is 0 Å². The Kier molecular flexibility index (Phi) is 6.11. The third-order valence-corrected chi connectivity index (χ3v) is 3.59. The summed E-state index contributed by atoms with van der Waals surface area (Å²) < 4.78 is 5.45. The highest BCUT2D eigenvalue weighted by molar-refractivity contribution is 7.80. The van der Waals surface area contributed by atoms with Crippen LogP contribution in [0.3, 0.4) is 0 Å². The largest absolute Gasteiger partial charge is 0.484 e. The normalized spacial score (nSPS) is 10.0. The maximum Gasteiger partial charge on any atom is 0.264 e. The van der Waals surface area contributed by atoms with Gasteiger partial charge in [0, 0.05) is 12.2 Å². The minimum Gasteiger partial charge on any atom is -0.484 e. The van der Waals surface area contributed by atoms with E-state index in [1.165, 1.54) is 0 Å². The number of nitrogens with zero attached hydrogens (tertiary/aromatic N) is 1. The highest BCUT2D eigenvalue weighted by Crippen LogP contribution is 2.13. The number of amides is 1. The monoisotopic (exact) mass is 328 g/mol. The molecule has 0 spiro atoms. The van der Waals surface area contributed by atoms with Gasteiger partial charge >= 0.3 is 0 Å². The second-order valence-electron chi connectivity index (χ2n) is 5.03. The molecule has 0 saturated carbocycles. The Balaban J connectivity index is 1.88. The van der Waals surface area contributed by atoms with Crippen LogP contribution in [0.15, 0.2) is 54.6 Å². The average Bonchev–Trinajstić information content (AvgIpc) is 2.56. The summed E-state index contributed by atoms with van der Waals surface area (Å²) in [5, 5.41) is 3.08. The summed E-state index contributed by atoms with van der Waals surface area (Å²) in [7, 11) is 0. The number of para-hydroxylation sites is 1. The van der Waals surface area contributed by atoms with Crippen molar-refractivity contribution in [3.63, 3.8) is 0 Å². The van der Waals surface area contributed by atoms with E-state index in [0.717, 1.165) is 11.3 Å². The van der Waals surface area contributed by atoms with Gasteiger partial charge in [0.25, 0.3) is 5.91 Å². The number of aryl methyl sites for hydroxylation is 1. The molecule has 2 aromatic rings. The molecule has 0 radical (unpaired) electrons. The molecule has 5 heteroatoms. The lowest BCUT2D eigenvalue weighted by Gasteiger charge is -2.23. The Labute approximate surface area is 142 Å². The zero-order chi connectivity index (χ0) is 16.7. The van der Waals surface area contributed by atoms with Crippen LogP contribution < -0.4 is 15.0 Å². The average molecular weight is 328 g/mol. The fourth-order valence-electron chi connectivity index (χ4n) is 2.06. The molecule has 0 bridgehead atoms. The summed E-state index contributed by atoms with van der Waals surface area (Å²) in [5.74, 6) is 0.386. The van der Waals surface area contributed by atoms with E-state index in [9.17, 15) is 4.79 Å². The van der Waals surface area contributed by atoms with Gasteiger partial charge in [0.15, 0.2) is 11.7 Å². The van der Waals surface area contributed by atoms with Gasteiger partial charge in [0.2, 0.25) is 0 Å². The van der Waals surface area contributed by atoms with Crippen LogP contribution in [-0.4, -0.2) is 24.2 Å². The fourth-order valence-corrected chi connectivity index (χ4v) is 2.41. The second-order valence-corrected chi connectivity index (χ2v) is 5.42. The summed E-state index contributed by atoms with van der Waals surface area (Å²) in [5.41, 5.74) is 2.09. The minimum absolute atomic E-state index is 0.0739. The predicted octanol–water partition coefficient (Wildman–Crippen LogP) is 3.30. The third-order valence-electron chi connectivity index (χ3n) is 3.27. The third kappa shape index (κ3) is 5.07. The van der Waals surface area contributed by atoms with Crippen molar-refractivity contribution in [2.24, 2.45) is 0 Å². The zero-order valence-electron chi connectivity index (χ0n) is 13.3. The molecular formula is C18H20N2O2S. The molecule has 0 fully saturated rings. The number of nitrogens with one attached hydrogen (secondary N) is 1. The molecule has 1 N–H and O–H groups in total. The lowest BCUT2D eigenvalue weighted by molar-refractivity contribution is -0.121. The van der Waals surface area contributed by atoms with E-state index in [-0.39, 0.29) is 12.5 Å². The fraction of sp³-hybridized carbons (Fsp3) is 0.222. The van der Waals surface area contributed by atoms with Crippen LogP contribution in [0.4, 0.5) is 5.69 Å². The lowest BCUT2D eigenvalue weighted by Crippen LogP contribution is -2.44. The molecule has 0 aliphatic heterocycles. The summed E-state index contributed by atoms with van der Waals surface area (Å²) in [6, 6.07) is 17.3. The van der Waals surface area contributed by atoms with Crippen molar-refractivity contribution in [3.8, 4) is 5.75 Å². The second kappa shape index (κ2) is 8.29. The van der Waals surface area contributed by atoms with Crippen LogP contribution >= 0.6 is 12.2 Å². The maximum atomic E-state index is 12.0. The van der Waals surface area contributed by atoms with Crippen molar-refractivity contribution < 1.29 is 9.53 Å². The Morgan fingerprint density at radius 3 is 2.39 bits per heavy atom. The topological polar surface area (TPSA) is 41.6 Å². The van der Waals surface area contributed by atoms with Gasteiger partial charge in [-0.2, -0.15) is 0 Å². The van der Waals surface area contributed by atoms with Crippen molar-refractivity contribution in [1.82, 2.24) is 5.32 Å². The first-order chi connectivity index (χ1) is 11.1. The maximum absolute atomic E-state index is 12.0. The summed E-state index contributed by atoms with van der Waals surface area (Å²) in [6.45, 7) is 4.57. The van der Waals surface area contributed by atoms with Gasteiger partial charge in [-0.1, -0.05) is 35.9 Å². The molecule has 2 aromatic carbocycles. The van der Waals surface area contributed by atoms with Crippen LogP contribution in [0.2, 0.25) is 0 Å². The molecule has 2 rings (SSSR count). The molecule has 0 heterocycles. The van der Waals surface area contributed by atoms with Gasteiger partial charge in [-0.05, 0) is 50.3 Å². The van der Waals surface area contributed by atoms with Gasteiger partial charge in [-0.3, -0.25) is 10.1 Å². The molecule has 4 nitrogen and oxygen atoms in total. The number of benzene rings is 2. The van der Waals surface area contributed by atoms with E-state index in [1.54, 1.807) is 0 Å². The Hall–Kier alpha value is -2.40. The van der Waals surface area contributed by atoms with Gasteiger partial charge in [-0.25, -0.2) is 0 Å². The van der Waals surface area contributed by atoms with Crippen molar-refractivity contribution in [2.45, 2.75) is 13.8 Å². The molecule has 23 heavy (non-hydrogen) atoms. The van der Waals surface area contributed by atoms with Crippen LogP contribution in [0.5, 0.6) is 5.75 Å². The van der Waals surface area contributed by atoms with Crippen LogP contribution in [0.25, 0.3) is 0 Å². The number of carbonyl (C=O) groups excluding carboxylic acids is 1. The number of rotatable bonds is 5.